The molecule has 2 aromatic carbocycles. The van der Waals surface area contributed by atoms with Crippen LogP contribution in [0.15, 0.2) is 48.5 Å². The number of hydrogen-bond donors (Lipinski definition) is 2. The first kappa shape index (κ1) is 18.3. The van der Waals surface area contributed by atoms with Gasteiger partial charge in [0, 0.05) is 12.2 Å². The van der Waals surface area contributed by atoms with E-state index in [0.29, 0.717) is 28.6 Å². The standard InChI is InChI=1S/C18H21ClN2O3/c1-21(2)11-14(22)12-24-15-9-7-13(8-10-15)20-18(23)16-5-3-4-6-17(16)19/h3-10,14,22H,11-12H2,1-2H3,(H,20,23). The van der Waals surface area contributed by atoms with Gasteiger partial charge in [-0.25, -0.2) is 0 Å². The lowest BCUT2D eigenvalue weighted by Crippen LogP contribution is -2.30. The summed E-state index contributed by atoms with van der Waals surface area (Å²) in [7, 11) is 3.78. The summed E-state index contributed by atoms with van der Waals surface area (Å²) < 4.78 is 5.52. The third-order valence-electron chi connectivity index (χ3n) is 3.25. The molecule has 24 heavy (non-hydrogen) atoms. The van der Waals surface area contributed by atoms with Gasteiger partial charge in [0.15, 0.2) is 0 Å². The lowest BCUT2D eigenvalue weighted by molar-refractivity contribution is 0.0831. The number of carbonyl (C=O) groups excluding carboxylic acids is 1. The van der Waals surface area contributed by atoms with Gasteiger partial charge in [-0.2, -0.15) is 0 Å². The number of carbonyl (C=O) groups is 1. The van der Waals surface area contributed by atoms with Crippen LogP contribution in [-0.4, -0.2) is 49.3 Å². The first-order valence-electron chi connectivity index (χ1n) is 7.57. The molecule has 0 fully saturated rings. The Kier molecular flexibility index (Phi) is 6.61. The number of aliphatic hydroxyl groups excluding tert-OH is 1. The van der Waals surface area contributed by atoms with Crippen molar-refractivity contribution in [3.63, 3.8) is 0 Å². The predicted octanol–water partition coefficient (Wildman–Crippen LogP) is 2.89. The maximum Gasteiger partial charge on any atom is 0.257 e. The molecule has 6 heteroatoms. The number of aliphatic hydroxyl groups is 1. The van der Waals surface area contributed by atoms with E-state index in [1.807, 2.05) is 19.0 Å². The quantitative estimate of drug-likeness (QED) is 0.807. The molecule has 1 amide bonds. The van der Waals surface area contributed by atoms with Crippen LogP contribution in [0.4, 0.5) is 5.69 Å². The Morgan fingerprint density at radius 2 is 1.88 bits per heavy atom. The fourth-order valence-electron chi connectivity index (χ4n) is 2.14. The molecule has 0 aliphatic heterocycles. The average Bonchev–Trinajstić information content (AvgIpc) is 2.54. The second-order valence-corrected chi connectivity index (χ2v) is 6.09. The molecule has 0 aromatic heterocycles. The molecular formula is C18H21ClN2O3. The van der Waals surface area contributed by atoms with E-state index in [-0.39, 0.29) is 12.5 Å². The minimum Gasteiger partial charge on any atom is -0.491 e. The Morgan fingerprint density at radius 3 is 2.50 bits per heavy atom. The van der Waals surface area contributed by atoms with E-state index in [0.717, 1.165) is 0 Å². The lowest BCUT2D eigenvalue weighted by Gasteiger charge is -2.16. The smallest absolute Gasteiger partial charge is 0.257 e. The van der Waals surface area contributed by atoms with E-state index in [1.54, 1.807) is 48.5 Å². The van der Waals surface area contributed by atoms with Crippen LogP contribution in [0.3, 0.4) is 0 Å². The van der Waals surface area contributed by atoms with E-state index in [4.69, 9.17) is 16.3 Å². The number of halogens is 1. The van der Waals surface area contributed by atoms with Gasteiger partial charge in [0.25, 0.3) is 5.91 Å². The first-order valence-corrected chi connectivity index (χ1v) is 7.95. The Labute approximate surface area is 146 Å². The molecule has 5 nitrogen and oxygen atoms in total. The monoisotopic (exact) mass is 348 g/mol. The molecule has 2 aromatic rings. The number of likely N-dealkylation sites (N-methyl/N-ethyl adjacent to an activating group) is 1. The van der Waals surface area contributed by atoms with Crippen molar-refractivity contribution in [1.29, 1.82) is 0 Å². The second kappa shape index (κ2) is 8.68. The van der Waals surface area contributed by atoms with Crippen molar-refractivity contribution in [3.05, 3.63) is 59.1 Å². The molecule has 0 aliphatic rings. The van der Waals surface area contributed by atoms with Crippen LogP contribution in [-0.2, 0) is 0 Å². The van der Waals surface area contributed by atoms with Crippen molar-refractivity contribution < 1.29 is 14.6 Å². The summed E-state index contributed by atoms with van der Waals surface area (Å²) in [6, 6.07) is 13.8. The number of amides is 1. The zero-order valence-electron chi connectivity index (χ0n) is 13.7. The molecule has 0 saturated carbocycles. The number of hydrogen-bond acceptors (Lipinski definition) is 4. The van der Waals surface area contributed by atoms with E-state index < -0.39 is 6.10 Å². The summed E-state index contributed by atoms with van der Waals surface area (Å²) in [5.74, 6) is 0.360. The SMILES string of the molecule is CN(C)CC(O)COc1ccc(NC(=O)c2ccccc2Cl)cc1. The number of anilines is 1. The van der Waals surface area contributed by atoms with Crippen LogP contribution in [0.25, 0.3) is 0 Å². The van der Waals surface area contributed by atoms with Crippen molar-refractivity contribution in [2.24, 2.45) is 0 Å². The van der Waals surface area contributed by atoms with Gasteiger partial charge in [0.1, 0.15) is 18.5 Å². The zero-order chi connectivity index (χ0) is 17.5. The highest BCUT2D eigenvalue weighted by molar-refractivity contribution is 6.34. The Morgan fingerprint density at radius 1 is 1.21 bits per heavy atom. The van der Waals surface area contributed by atoms with Crippen LogP contribution in [0, 0.1) is 0 Å². The largest absolute Gasteiger partial charge is 0.491 e. The van der Waals surface area contributed by atoms with Gasteiger partial charge in [-0.05, 0) is 50.5 Å². The van der Waals surface area contributed by atoms with E-state index in [1.165, 1.54) is 0 Å². The van der Waals surface area contributed by atoms with Gasteiger partial charge in [-0.15, -0.1) is 0 Å². The number of benzene rings is 2. The highest BCUT2D eigenvalue weighted by Crippen LogP contribution is 2.19. The summed E-state index contributed by atoms with van der Waals surface area (Å²) >= 11 is 6.01. The van der Waals surface area contributed by atoms with Gasteiger partial charge in [-0.1, -0.05) is 23.7 Å². The Balaban J connectivity index is 1.90. The van der Waals surface area contributed by atoms with Crippen molar-refractivity contribution in [3.8, 4) is 5.75 Å². The fraction of sp³-hybridized carbons (Fsp3) is 0.278. The van der Waals surface area contributed by atoms with Crippen molar-refractivity contribution in [2.75, 3.05) is 32.6 Å². The summed E-state index contributed by atoms with van der Waals surface area (Å²) in [4.78, 5) is 14.1. The van der Waals surface area contributed by atoms with Crippen LogP contribution < -0.4 is 10.1 Å². The van der Waals surface area contributed by atoms with Crippen LogP contribution in [0.1, 0.15) is 10.4 Å². The third kappa shape index (κ3) is 5.53. The van der Waals surface area contributed by atoms with E-state index in [2.05, 4.69) is 5.32 Å². The molecule has 0 saturated heterocycles. The minimum absolute atomic E-state index is 0.212. The topological polar surface area (TPSA) is 61.8 Å². The van der Waals surface area contributed by atoms with E-state index in [9.17, 15) is 9.90 Å². The molecular weight excluding hydrogens is 328 g/mol. The van der Waals surface area contributed by atoms with Crippen LogP contribution in [0.5, 0.6) is 5.75 Å². The number of nitrogens with zero attached hydrogens (tertiary/aromatic N) is 1. The van der Waals surface area contributed by atoms with Crippen molar-refractivity contribution >= 4 is 23.2 Å². The minimum atomic E-state index is -0.556. The highest BCUT2D eigenvalue weighted by atomic mass is 35.5. The van der Waals surface area contributed by atoms with Gasteiger partial charge in [-0.3, -0.25) is 4.79 Å². The predicted molar refractivity (Wildman–Crippen MR) is 95.9 cm³/mol. The van der Waals surface area contributed by atoms with Gasteiger partial charge in [0.05, 0.1) is 10.6 Å². The highest BCUT2D eigenvalue weighted by Gasteiger charge is 2.10. The summed E-state index contributed by atoms with van der Waals surface area (Å²) in [6.07, 6.45) is -0.556. The second-order valence-electron chi connectivity index (χ2n) is 5.69. The Bertz CT molecular complexity index is 674. The summed E-state index contributed by atoms with van der Waals surface area (Å²) in [5, 5.41) is 13.0. The molecule has 0 radical (unpaired) electrons. The molecule has 0 aliphatic carbocycles. The summed E-state index contributed by atoms with van der Waals surface area (Å²) in [5.41, 5.74) is 1.06. The van der Waals surface area contributed by atoms with Crippen molar-refractivity contribution in [1.82, 2.24) is 4.90 Å². The normalized spacial score (nSPS) is 12.0. The number of ether oxygens (including phenoxy) is 1. The van der Waals surface area contributed by atoms with Gasteiger partial charge >= 0.3 is 0 Å². The molecule has 2 N–H and O–H groups in total. The lowest BCUT2D eigenvalue weighted by atomic mass is 10.2. The third-order valence-corrected chi connectivity index (χ3v) is 3.58. The van der Waals surface area contributed by atoms with Gasteiger partial charge < -0.3 is 20.1 Å². The molecule has 0 bridgehead atoms. The number of nitrogens with one attached hydrogen (secondary N) is 1. The van der Waals surface area contributed by atoms with E-state index >= 15 is 0 Å². The molecule has 128 valence electrons. The molecule has 1 unspecified atom stereocenters. The first-order chi connectivity index (χ1) is 11.5. The van der Waals surface area contributed by atoms with Crippen LogP contribution in [0.2, 0.25) is 5.02 Å². The summed E-state index contributed by atoms with van der Waals surface area (Å²) in [6.45, 7) is 0.746. The molecule has 2 rings (SSSR count). The zero-order valence-corrected chi connectivity index (χ0v) is 14.5. The van der Waals surface area contributed by atoms with Crippen LogP contribution >= 0.6 is 11.6 Å². The molecule has 0 heterocycles. The van der Waals surface area contributed by atoms with Crippen molar-refractivity contribution in [2.45, 2.75) is 6.10 Å². The Hall–Kier alpha value is -2.08. The van der Waals surface area contributed by atoms with Gasteiger partial charge in [0.2, 0.25) is 0 Å². The maximum atomic E-state index is 12.2. The average molecular weight is 349 g/mol. The molecule has 0 spiro atoms. The number of rotatable bonds is 7. The maximum absolute atomic E-state index is 12.2. The molecule has 1 atom stereocenters. The fourth-order valence-corrected chi connectivity index (χ4v) is 2.37.